The molecule has 0 aliphatic heterocycles. The summed E-state index contributed by atoms with van der Waals surface area (Å²) < 4.78 is 13.3. The van der Waals surface area contributed by atoms with Gasteiger partial charge in [-0.15, -0.1) is 0 Å². The molecule has 100 valence electrons. The highest BCUT2D eigenvalue weighted by molar-refractivity contribution is 5.55. The zero-order chi connectivity index (χ0) is 13.1. The van der Waals surface area contributed by atoms with Crippen LogP contribution in [0, 0.1) is 5.82 Å². The maximum absolute atomic E-state index is 13.3. The Balaban J connectivity index is 2.25. The fourth-order valence-corrected chi connectivity index (χ4v) is 2.85. The normalized spacial score (nSPS) is 18.7. The van der Waals surface area contributed by atoms with Crippen LogP contribution in [-0.4, -0.2) is 18.2 Å². The molecule has 0 bridgehead atoms. The smallest absolute Gasteiger partial charge is 0.123 e. The van der Waals surface area contributed by atoms with Crippen molar-refractivity contribution in [3.8, 4) is 0 Å². The van der Waals surface area contributed by atoms with Crippen LogP contribution >= 0.6 is 0 Å². The van der Waals surface area contributed by atoms with Gasteiger partial charge in [-0.2, -0.15) is 0 Å². The largest absolute Gasteiger partial charge is 0.389 e. The van der Waals surface area contributed by atoms with E-state index in [1.807, 2.05) is 0 Å². The topological polar surface area (TPSA) is 23.5 Å². The predicted octanol–water partition coefficient (Wildman–Crippen LogP) is 3.65. The highest BCUT2D eigenvalue weighted by Crippen LogP contribution is 2.31. The maximum Gasteiger partial charge on any atom is 0.123 e. The highest BCUT2D eigenvalue weighted by atomic mass is 19.1. The molecule has 2 nitrogen and oxygen atoms in total. The monoisotopic (exact) mass is 251 g/mol. The lowest BCUT2D eigenvalue weighted by Gasteiger charge is -2.34. The Kier molecular flexibility index (Phi) is 4.23. The molecule has 18 heavy (non-hydrogen) atoms. The standard InChI is InChI=1S/C15H22FNO/c1-11(18)14-10-12(16)8-9-15(14)17(2)13-6-4-3-5-7-13/h8-11,13,18H,3-7H2,1-2H3/t11-/m1/s1. The number of hydrogen-bond acceptors (Lipinski definition) is 2. The van der Waals surface area contributed by atoms with Crippen molar-refractivity contribution < 1.29 is 9.50 Å². The summed E-state index contributed by atoms with van der Waals surface area (Å²) in [5.74, 6) is -0.285. The molecular weight excluding hydrogens is 229 g/mol. The van der Waals surface area contributed by atoms with Crippen molar-refractivity contribution in [1.29, 1.82) is 0 Å². The van der Waals surface area contributed by atoms with E-state index in [-0.39, 0.29) is 5.82 Å². The van der Waals surface area contributed by atoms with Crippen molar-refractivity contribution in [2.75, 3.05) is 11.9 Å². The van der Waals surface area contributed by atoms with Gasteiger partial charge in [-0.3, -0.25) is 0 Å². The Labute approximate surface area is 108 Å². The van der Waals surface area contributed by atoms with Gasteiger partial charge in [-0.25, -0.2) is 4.39 Å². The number of hydrogen-bond donors (Lipinski definition) is 1. The Hall–Kier alpha value is -1.09. The van der Waals surface area contributed by atoms with E-state index >= 15 is 0 Å². The van der Waals surface area contributed by atoms with Crippen molar-refractivity contribution in [2.45, 2.75) is 51.2 Å². The zero-order valence-electron chi connectivity index (χ0n) is 11.2. The molecule has 1 fully saturated rings. The molecule has 1 aromatic carbocycles. The molecule has 0 saturated heterocycles. The van der Waals surface area contributed by atoms with Crippen LogP contribution in [0.5, 0.6) is 0 Å². The quantitative estimate of drug-likeness (QED) is 0.886. The fourth-order valence-electron chi connectivity index (χ4n) is 2.85. The molecule has 2 rings (SSSR count). The summed E-state index contributed by atoms with van der Waals surface area (Å²) in [6.07, 6.45) is 5.58. The summed E-state index contributed by atoms with van der Waals surface area (Å²) >= 11 is 0. The van der Waals surface area contributed by atoms with Crippen LogP contribution in [0.2, 0.25) is 0 Å². The average Bonchev–Trinajstić information content (AvgIpc) is 2.39. The fraction of sp³-hybridized carbons (Fsp3) is 0.600. The second-order valence-electron chi connectivity index (χ2n) is 5.28. The van der Waals surface area contributed by atoms with Crippen molar-refractivity contribution in [2.24, 2.45) is 0 Å². The van der Waals surface area contributed by atoms with Gasteiger partial charge in [0.05, 0.1) is 6.10 Å². The van der Waals surface area contributed by atoms with Gasteiger partial charge in [0.15, 0.2) is 0 Å². The van der Waals surface area contributed by atoms with Gasteiger partial charge in [0.25, 0.3) is 0 Å². The van der Waals surface area contributed by atoms with Crippen molar-refractivity contribution in [1.82, 2.24) is 0 Å². The van der Waals surface area contributed by atoms with Crippen LogP contribution in [-0.2, 0) is 0 Å². The van der Waals surface area contributed by atoms with E-state index < -0.39 is 6.10 Å². The number of benzene rings is 1. The first kappa shape index (κ1) is 13.3. The maximum atomic E-state index is 13.3. The molecule has 0 amide bonds. The van der Waals surface area contributed by atoms with E-state index in [2.05, 4.69) is 11.9 Å². The third-order valence-electron chi connectivity index (χ3n) is 3.94. The predicted molar refractivity (Wildman–Crippen MR) is 72.3 cm³/mol. The molecule has 0 radical (unpaired) electrons. The summed E-state index contributed by atoms with van der Waals surface area (Å²) in [5, 5.41) is 9.78. The SMILES string of the molecule is C[C@@H](O)c1cc(F)ccc1N(C)C1CCCCC1. The van der Waals surface area contributed by atoms with Gasteiger partial charge < -0.3 is 10.0 Å². The third kappa shape index (κ3) is 2.83. The van der Waals surface area contributed by atoms with Gasteiger partial charge in [-0.1, -0.05) is 19.3 Å². The molecule has 0 unspecified atom stereocenters. The minimum Gasteiger partial charge on any atom is -0.389 e. The number of aliphatic hydroxyl groups is 1. The van der Waals surface area contributed by atoms with Crippen LogP contribution in [0.1, 0.15) is 50.7 Å². The molecule has 1 saturated carbocycles. The molecule has 1 aliphatic carbocycles. The van der Waals surface area contributed by atoms with Crippen LogP contribution in [0.3, 0.4) is 0 Å². The summed E-state index contributed by atoms with van der Waals surface area (Å²) in [6.45, 7) is 1.69. The van der Waals surface area contributed by atoms with Crippen LogP contribution in [0.4, 0.5) is 10.1 Å². The molecule has 0 spiro atoms. The number of aliphatic hydroxyl groups excluding tert-OH is 1. The lowest BCUT2D eigenvalue weighted by molar-refractivity contribution is 0.199. The van der Waals surface area contributed by atoms with Gasteiger partial charge >= 0.3 is 0 Å². The summed E-state index contributed by atoms with van der Waals surface area (Å²) in [5.41, 5.74) is 1.64. The van der Waals surface area contributed by atoms with Crippen molar-refractivity contribution >= 4 is 5.69 Å². The van der Waals surface area contributed by atoms with Gasteiger partial charge in [0.1, 0.15) is 5.82 Å². The average molecular weight is 251 g/mol. The minimum absolute atomic E-state index is 0.285. The van der Waals surface area contributed by atoms with Crippen LogP contribution < -0.4 is 4.90 Å². The highest BCUT2D eigenvalue weighted by Gasteiger charge is 2.21. The lowest BCUT2D eigenvalue weighted by Crippen LogP contribution is -2.34. The van der Waals surface area contributed by atoms with Gasteiger partial charge in [0, 0.05) is 24.3 Å². The molecule has 0 aromatic heterocycles. The molecule has 1 aromatic rings. The molecule has 1 N–H and O–H groups in total. The van der Waals surface area contributed by atoms with E-state index in [1.54, 1.807) is 13.0 Å². The summed E-state index contributed by atoms with van der Waals surface area (Å²) in [6, 6.07) is 5.22. The molecular formula is C15H22FNO. The van der Waals surface area contributed by atoms with Crippen molar-refractivity contribution in [3.05, 3.63) is 29.6 Å². The Morgan fingerprint density at radius 3 is 2.56 bits per heavy atom. The summed E-state index contributed by atoms with van der Waals surface area (Å²) in [4.78, 5) is 2.21. The van der Waals surface area contributed by atoms with E-state index in [0.29, 0.717) is 11.6 Å². The third-order valence-corrected chi connectivity index (χ3v) is 3.94. The number of halogens is 1. The molecule has 1 atom stereocenters. The molecule has 1 aliphatic rings. The first-order valence-electron chi connectivity index (χ1n) is 6.80. The molecule has 3 heteroatoms. The van der Waals surface area contributed by atoms with E-state index in [4.69, 9.17) is 0 Å². The van der Waals surface area contributed by atoms with E-state index in [1.165, 1.54) is 44.2 Å². The minimum atomic E-state index is -0.637. The van der Waals surface area contributed by atoms with Gasteiger partial charge in [-0.05, 0) is 38.0 Å². The van der Waals surface area contributed by atoms with E-state index in [9.17, 15) is 9.50 Å². The molecule has 0 heterocycles. The zero-order valence-corrected chi connectivity index (χ0v) is 11.2. The second-order valence-corrected chi connectivity index (χ2v) is 5.28. The second kappa shape index (κ2) is 5.70. The van der Waals surface area contributed by atoms with Crippen LogP contribution in [0.15, 0.2) is 18.2 Å². The lowest BCUT2D eigenvalue weighted by atomic mass is 9.93. The Morgan fingerprint density at radius 2 is 1.94 bits per heavy atom. The first-order chi connectivity index (χ1) is 8.59. The first-order valence-corrected chi connectivity index (χ1v) is 6.80. The Bertz CT molecular complexity index is 399. The van der Waals surface area contributed by atoms with E-state index in [0.717, 1.165) is 5.69 Å². The van der Waals surface area contributed by atoms with Gasteiger partial charge in [0.2, 0.25) is 0 Å². The number of anilines is 1. The summed E-state index contributed by atoms with van der Waals surface area (Å²) in [7, 11) is 2.05. The Morgan fingerprint density at radius 1 is 1.28 bits per heavy atom. The van der Waals surface area contributed by atoms with Crippen molar-refractivity contribution in [3.63, 3.8) is 0 Å². The number of nitrogens with zero attached hydrogens (tertiary/aromatic N) is 1. The number of rotatable bonds is 3. The van der Waals surface area contributed by atoms with Crippen LogP contribution in [0.25, 0.3) is 0 Å².